The minimum atomic E-state index is -2.79. The highest BCUT2D eigenvalue weighted by atomic mass is 16.3. The van der Waals surface area contributed by atoms with Crippen LogP contribution in [0.5, 0.6) is 5.75 Å². The summed E-state index contributed by atoms with van der Waals surface area (Å²) in [6.07, 6.45) is -0.225. The number of ketones is 2. The van der Waals surface area contributed by atoms with Gasteiger partial charge in [0.05, 0.1) is 17.2 Å². The lowest BCUT2D eigenvalue weighted by Crippen LogP contribution is -2.67. The number of carbonyl (C=O) groups is 3. The molecule has 11 heteroatoms. The summed E-state index contributed by atoms with van der Waals surface area (Å²) in [6, 6.07) is 2.95. The predicted octanol–water partition coefficient (Wildman–Crippen LogP) is -0.790. The first kappa shape index (κ1) is 23.9. The van der Waals surface area contributed by atoms with E-state index >= 15 is 0 Å². The van der Waals surface area contributed by atoms with E-state index in [0.29, 0.717) is 0 Å². The number of aromatic hydroxyl groups is 1. The first-order valence-electron chi connectivity index (χ1n) is 10.6. The summed E-state index contributed by atoms with van der Waals surface area (Å²) in [5.41, 5.74) is -5.93. The Bertz CT molecular complexity index is 1180. The molecule has 1 fully saturated rings. The van der Waals surface area contributed by atoms with Gasteiger partial charge in [-0.05, 0) is 39.1 Å². The van der Waals surface area contributed by atoms with Gasteiger partial charge in [-0.15, -0.1) is 0 Å². The molecular weight excluding hydrogens is 448 g/mol. The summed E-state index contributed by atoms with van der Waals surface area (Å²) in [5, 5.41) is 66.4. The lowest BCUT2D eigenvalue weighted by atomic mass is 9.54. The highest BCUT2D eigenvalue weighted by Crippen LogP contribution is 2.57. The summed E-state index contributed by atoms with van der Waals surface area (Å²) in [5.74, 6) is -7.93. The van der Waals surface area contributed by atoms with Gasteiger partial charge in [0.25, 0.3) is 5.91 Å². The van der Waals surface area contributed by atoms with Crippen molar-refractivity contribution < 1.29 is 45.0 Å². The zero-order valence-electron chi connectivity index (χ0n) is 18.7. The summed E-state index contributed by atoms with van der Waals surface area (Å²) in [6.45, 7) is 0.531. The summed E-state index contributed by atoms with van der Waals surface area (Å²) in [4.78, 5) is 40.9. The topological polar surface area (TPSA) is 188 Å². The predicted molar refractivity (Wildman–Crippen MR) is 116 cm³/mol. The molecule has 4 rings (SSSR count). The molecule has 0 aliphatic heterocycles. The third kappa shape index (κ3) is 2.88. The van der Waals surface area contributed by atoms with E-state index in [1.807, 2.05) is 5.32 Å². The standard InChI is InChI=1S/C23H26N2O9/c1-22(33)9-5-4-6-12(27)13(9)17(28)14-10(22)7-11-16(25(2)3)18(29)15(21(32)24-8-26)20(31)23(11,34)19(14)30/h4-6,10-11,16,26-28,31,33-34H,7-8H2,1-3H3,(H,24,32)/t10-,11-,16-,22+,23-/m0/s1. The number of likely N-dealkylation sites (N-methyl/N-ethyl adjacent to an activating group) is 1. The molecule has 0 radical (unpaired) electrons. The molecule has 34 heavy (non-hydrogen) atoms. The van der Waals surface area contributed by atoms with Crippen LogP contribution in [0.2, 0.25) is 0 Å². The van der Waals surface area contributed by atoms with E-state index in [1.165, 1.54) is 44.1 Å². The van der Waals surface area contributed by atoms with Crippen molar-refractivity contribution in [2.75, 3.05) is 20.8 Å². The van der Waals surface area contributed by atoms with Gasteiger partial charge in [-0.3, -0.25) is 19.3 Å². The number of aliphatic hydroxyl groups excluding tert-OH is 3. The number of phenols is 1. The summed E-state index contributed by atoms with van der Waals surface area (Å²) in [7, 11) is 2.99. The number of benzene rings is 1. The van der Waals surface area contributed by atoms with Crippen LogP contribution in [0.3, 0.4) is 0 Å². The Morgan fingerprint density at radius 3 is 2.41 bits per heavy atom. The lowest BCUT2D eigenvalue weighted by Gasteiger charge is -2.53. The fraction of sp³-hybridized carbons (Fsp3) is 0.435. The molecule has 0 spiro atoms. The molecule has 1 saturated carbocycles. The van der Waals surface area contributed by atoms with Crippen LogP contribution in [0.15, 0.2) is 35.1 Å². The quantitative estimate of drug-likeness (QED) is 0.216. The van der Waals surface area contributed by atoms with Crippen LogP contribution < -0.4 is 5.32 Å². The average Bonchev–Trinajstić information content (AvgIpc) is 2.74. The van der Waals surface area contributed by atoms with E-state index in [4.69, 9.17) is 5.11 Å². The Morgan fingerprint density at radius 1 is 1.18 bits per heavy atom. The minimum absolute atomic E-state index is 0.156. The van der Waals surface area contributed by atoms with Crippen molar-refractivity contribution in [3.8, 4) is 5.75 Å². The zero-order chi connectivity index (χ0) is 25.3. The highest BCUT2D eigenvalue weighted by Gasteiger charge is 2.66. The number of nitrogens with one attached hydrogen (secondary N) is 1. The maximum Gasteiger partial charge on any atom is 0.260 e. The summed E-state index contributed by atoms with van der Waals surface area (Å²) >= 11 is 0. The Kier molecular flexibility index (Phi) is 5.37. The SMILES string of the molecule is CN(C)[C@@H]1C(=O)C(C(=O)NCO)=C(O)[C@@]2(O)C(=O)C3=C(O)c4c(O)cccc4[C@@](C)(O)[C@H]3C[C@@H]12. The second kappa shape index (κ2) is 7.64. The molecule has 0 aromatic heterocycles. The van der Waals surface area contributed by atoms with Crippen LogP contribution >= 0.6 is 0 Å². The number of Topliss-reactive ketones (excluding diaryl/α,β-unsaturated/α-hetero) is 2. The van der Waals surface area contributed by atoms with E-state index in [-0.39, 0.29) is 17.5 Å². The molecule has 0 bridgehead atoms. The summed E-state index contributed by atoms with van der Waals surface area (Å²) < 4.78 is 0. The number of fused-ring (bicyclic) bond motifs is 3. The van der Waals surface area contributed by atoms with Crippen molar-refractivity contribution in [1.29, 1.82) is 0 Å². The van der Waals surface area contributed by atoms with Crippen LogP contribution in [0.4, 0.5) is 0 Å². The van der Waals surface area contributed by atoms with Gasteiger partial charge < -0.3 is 36.0 Å². The monoisotopic (exact) mass is 474 g/mol. The molecule has 1 aromatic carbocycles. The van der Waals surface area contributed by atoms with Crippen molar-refractivity contribution in [3.05, 3.63) is 46.2 Å². The molecule has 3 aliphatic rings. The highest BCUT2D eigenvalue weighted by molar-refractivity contribution is 6.25. The number of amides is 1. The van der Waals surface area contributed by atoms with Crippen molar-refractivity contribution in [3.63, 3.8) is 0 Å². The number of hydrogen-bond acceptors (Lipinski definition) is 10. The Hall–Kier alpha value is -3.25. The number of nitrogens with zero attached hydrogens (tertiary/aromatic N) is 1. The molecular formula is C23H26N2O9. The molecule has 1 amide bonds. The van der Waals surface area contributed by atoms with E-state index in [0.717, 1.165) is 0 Å². The van der Waals surface area contributed by atoms with Gasteiger partial charge >= 0.3 is 0 Å². The van der Waals surface area contributed by atoms with Gasteiger partial charge in [-0.1, -0.05) is 12.1 Å². The Labute approximate surface area is 194 Å². The molecule has 1 aromatic rings. The number of aliphatic hydroxyl groups is 5. The largest absolute Gasteiger partial charge is 0.508 e. The molecule has 0 unspecified atom stereocenters. The second-order valence-corrected chi connectivity index (χ2v) is 9.26. The Balaban J connectivity index is 2.02. The van der Waals surface area contributed by atoms with Gasteiger partial charge in [0.15, 0.2) is 11.4 Å². The van der Waals surface area contributed by atoms with Crippen LogP contribution in [0.25, 0.3) is 5.76 Å². The fourth-order valence-electron chi connectivity index (χ4n) is 5.64. The van der Waals surface area contributed by atoms with Crippen molar-refractivity contribution in [1.82, 2.24) is 10.2 Å². The first-order valence-corrected chi connectivity index (χ1v) is 10.6. The average molecular weight is 474 g/mol. The number of rotatable bonds is 3. The van der Waals surface area contributed by atoms with Crippen LogP contribution in [0.1, 0.15) is 24.5 Å². The van der Waals surface area contributed by atoms with E-state index < -0.39 is 81.7 Å². The molecule has 3 aliphatic carbocycles. The maximum absolute atomic E-state index is 13.8. The van der Waals surface area contributed by atoms with Crippen molar-refractivity contribution in [2.24, 2.45) is 11.8 Å². The molecule has 0 saturated heterocycles. The smallest absolute Gasteiger partial charge is 0.260 e. The van der Waals surface area contributed by atoms with Crippen LogP contribution in [-0.4, -0.2) is 85.5 Å². The van der Waals surface area contributed by atoms with Gasteiger partial charge in [-0.2, -0.15) is 0 Å². The van der Waals surface area contributed by atoms with Gasteiger partial charge in [-0.25, -0.2) is 0 Å². The van der Waals surface area contributed by atoms with Crippen LogP contribution in [0, 0.1) is 11.8 Å². The lowest BCUT2D eigenvalue weighted by molar-refractivity contribution is -0.159. The number of phenolic OH excluding ortho intramolecular Hbond substituents is 1. The van der Waals surface area contributed by atoms with E-state index in [1.54, 1.807) is 0 Å². The third-order valence-electron chi connectivity index (χ3n) is 7.24. The molecule has 0 heterocycles. The molecule has 7 N–H and O–H groups in total. The Morgan fingerprint density at radius 2 is 1.82 bits per heavy atom. The normalized spacial score (nSPS) is 33.0. The van der Waals surface area contributed by atoms with Gasteiger partial charge in [0.1, 0.15) is 29.6 Å². The molecule has 11 nitrogen and oxygen atoms in total. The van der Waals surface area contributed by atoms with Crippen molar-refractivity contribution >= 4 is 23.2 Å². The molecule has 182 valence electrons. The zero-order valence-corrected chi connectivity index (χ0v) is 18.7. The second-order valence-electron chi connectivity index (χ2n) is 9.26. The maximum atomic E-state index is 13.8. The number of hydrogen-bond donors (Lipinski definition) is 7. The van der Waals surface area contributed by atoms with Gasteiger partial charge in [0, 0.05) is 17.4 Å². The van der Waals surface area contributed by atoms with E-state index in [9.17, 15) is 39.9 Å². The van der Waals surface area contributed by atoms with Crippen LogP contribution in [-0.2, 0) is 20.0 Å². The van der Waals surface area contributed by atoms with Crippen molar-refractivity contribution in [2.45, 2.75) is 30.6 Å². The fourth-order valence-corrected chi connectivity index (χ4v) is 5.64. The molecule has 5 atom stereocenters. The first-order chi connectivity index (χ1) is 15.8. The minimum Gasteiger partial charge on any atom is -0.508 e. The number of carbonyl (C=O) groups excluding carboxylic acids is 3. The van der Waals surface area contributed by atoms with Gasteiger partial charge in [0.2, 0.25) is 5.78 Å². The van der Waals surface area contributed by atoms with E-state index in [2.05, 4.69) is 0 Å². The third-order valence-corrected chi connectivity index (χ3v) is 7.24.